The molecular weight excluding hydrogens is 258 g/mol. The molecule has 0 aliphatic carbocycles. The maximum Gasteiger partial charge on any atom is 0.229 e. The Morgan fingerprint density at radius 1 is 1.18 bits per heavy atom. The summed E-state index contributed by atoms with van der Waals surface area (Å²) in [6, 6.07) is 8.76. The van der Waals surface area contributed by atoms with Crippen LogP contribution in [0.5, 0.6) is 0 Å². The van der Waals surface area contributed by atoms with Crippen LogP contribution in [-0.2, 0) is 10.0 Å². The van der Waals surface area contributed by atoms with Gasteiger partial charge in [0, 0.05) is 11.6 Å². The predicted molar refractivity (Wildman–Crippen MR) is 75.2 cm³/mol. The lowest BCUT2D eigenvalue weighted by atomic mass is 10.3. The third kappa shape index (κ3) is 11.5. The van der Waals surface area contributed by atoms with Crippen LogP contribution in [0.25, 0.3) is 0 Å². The van der Waals surface area contributed by atoms with Gasteiger partial charge in [-0.2, -0.15) is 0 Å². The van der Waals surface area contributed by atoms with E-state index in [2.05, 4.69) is 11.6 Å². The van der Waals surface area contributed by atoms with Gasteiger partial charge in [-0.3, -0.25) is 4.72 Å². The number of para-hydroxylation sites is 1. The average Bonchev–Trinajstić information content (AvgIpc) is 2.26. The van der Waals surface area contributed by atoms with Gasteiger partial charge in [-0.05, 0) is 18.6 Å². The molecule has 3 nitrogen and oxygen atoms in total. The molecule has 0 unspecified atom stereocenters. The highest BCUT2D eigenvalue weighted by Gasteiger charge is 1.98. The Morgan fingerprint density at radius 3 is 2.12 bits per heavy atom. The van der Waals surface area contributed by atoms with Crippen LogP contribution in [0, 0.1) is 0 Å². The number of unbranched alkanes of at least 4 members (excludes halogenated alkanes) is 2. The van der Waals surface area contributed by atoms with Gasteiger partial charge in [0.2, 0.25) is 10.0 Å². The maximum absolute atomic E-state index is 10.7. The summed E-state index contributed by atoms with van der Waals surface area (Å²) in [5.41, 5.74) is 0.593. The highest BCUT2D eigenvalue weighted by atomic mass is 35.5. The Labute approximate surface area is 109 Å². The van der Waals surface area contributed by atoms with Gasteiger partial charge >= 0.3 is 0 Å². The molecule has 0 aromatic heterocycles. The number of hydrogen-bond acceptors (Lipinski definition) is 2. The Hall–Kier alpha value is -0.740. The third-order valence-electron chi connectivity index (χ3n) is 1.81. The molecule has 0 atom stereocenters. The molecule has 0 saturated carbocycles. The highest BCUT2D eigenvalue weighted by Crippen LogP contribution is 2.05. The lowest BCUT2D eigenvalue weighted by Gasteiger charge is -2.00. The number of nitrogens with one attached hydrogen (secondary N) is 1. The third-order valence-corrected chi connectivity index (χ3v) is 2.69. The van der Waals surface area contributed by atoms with E-state index < -0.39 is 10.0 Å². The number of rotatable bonds is 5. The Kier molecular flexibility index (Phi) is 8.90. The monoisotopic (exact) mass is 277 g/mol. The molecule has 1 aromatic carbocycles. The summed E-state index contributed by atoms with van der Waals surface area (Å²) in [4.78, 5) is 0. The summed E-state index contributed by atoms with van der Waals surface area (Å²) in [6.07, 6.45) is 4.86. The Balaban J connectivity index is 0.000000366. The summed E-state index contributed by atoms with van der Waals surface area (Å²) in [5, 5.41) is 0. The summed E-state index contributed by atoms with van der Waals surface area (Å²) >= 11 is 5.38. The molecule has 1 N–H and O–H groups in total. The summed E-state index contributed by atoms with van der Waals surface area (Å²) < 4.78 is 23.7. The van der Waals surface area contributed by atoms with Crippen LogP contribution in [0.15, 0.2) is 30.3 Å². The van der Waals surface area contributed by atoms with Crippen LogP contribution in [-0.4, -0.2) is 20.6 Å². The number of sulfonamides is 1. The molecular formula is C12H20ClNO2S. The Morgan fingerprint density at radius 2 is 1.76 bits per heavy atom. The molecule has 0 bridgehead atoms. The van der Waals surface area contributed by atoms with E-state index in [-0.39, 0.29) is 0 Å². The molecule has 1 rings (SSSR count). The summed E-state index contributed by atoms with van der Waals surface area (Å²) in [6.45, 7) is 2.17. The molecule has 5 heteroatoms. The van der Waals surface area contributed by atoms with Crippen molar-refractivity contribution in [2.45, 2.75) is 26.2 Å². The smallest absolute Gasteiger partial charge is 0.229 e. The maximum atomic E-state index is 10.7. The van der Waals surface area contributed by atoms with E-state index in [0.29, 0.717) is 5.69 Å². The van der Waals surface area contributed by atoms with E-state index in [0.717, 1.165) is 12.1 Å². The average molecular weight is 278 g/mol. The van der Waals surface area contributed by atoms with Crippen LogP contribution < -0.4 is 4.72 Å². The highest BCUT2D eigenvalue weighted by molar-refractivity contribution is 7.92. The van der Waals surface area contributed by atoms with Crippen LogP contribution in [0.2, 0.25) is 0 Å². The van der Waals surface area contributed by atoms with Gasteiger partial charge in [-0.1, -0.05) is 38.0 Å². The molecule has 0 spiro atoms. The van der Waals surface area contributed by atoms with Crippen LogP contribution in [0.3, 0.4) is 0 Å². The lowest BCUT2D eigenvalue weighted by Crippen LogP contribution is -2.08. The van der Waals surface area contributed by atoms with Gasteiger partial charge in [0.25, 0.3) is 0 Å². The van der Waals surface area contributed by atoms with E-state index in [1.54, 1.807) is 24.3 Å². The largest absolute Gasteiger partial charge is 0.284 e. The first kappa shape index (κ1) is 16.3. The minimum absolute atomic E-state index is 0.593. The molecule has 0 heterocycles. The molecule has 0 aliphatic rings. The zero-order valence-corrected chi connectivity index (χ0v) is 11.9. The van der Waals surface area contributed by atoms with Gasteiger partial charge in [0.1, 0.15) is 0 Å². The minimum atomic E-state index is -3.13. The Bertz CT molecular complexity index is 375. The minimum Gasteiger partial charge on any atom is -0.284 e. The molecule has 0 radical (unpaired) electrons. The quantitative estimate of drug-likeness (QED) is 0.662. The summed E-state index contributed by atoms with van der Waals surface area (Å²) in [5.74, 6) is 0.827. The SMILES string of the molecule is CCCCCCl.CS(=O)(=O)Nc1ccccc1. The number of benzene rings is 1. The normalized spacial score (nSPS) is 10.3. The molecule has 98 valence electrons. The van der Waals surface area contributed by atoms with Gasteiger partial charge in [0.05, 0.1) is 6.26 Å². The number of hydrogen-bond donors (Lipinski definition) is 1. The van der Waals surface area contributed by atoms with Crippen molar-refractivity contribution in [3.8, 4) is 0 Å². The lowest BCUT2D eigenvalue weighted by molar-refractivity contribution is 0.607. The van der Waals surface area contributed by atoms with Crippen molar-refractivity contribution in [1.29, 1.82) is 0 Å². The van der Waals surface area contributed by atoms with Crippen LogP contribution >= 0.6 is 11.6 Å². The van der Waals surface area contributed by atoms with E-state index >= 15 is 0 Å². The van der Waals surface area contributed by atoms with Crippen LogP contribution in [0.4, 0.5) is 5.69 Å². The van der Waals surface area contributed by atoms with E-state index in [9.17, 15) is 8.42 Å². The van der Waals surface area contributed by atoms with Crippen molar-refractivity contribution in [2.24, 2.45) is 0 Å². The molecule has 0 aliphatic heterocycles. The van der Waals surface area contributed by atoms with Crippen molar-refractivity contribution in [1.82, 2.24) is 0 Å². The zero-order valence-electron chi connectivity index (χ0n) is 10.3. The molecule has 0 fully saturated rings. The van der Waals surface area contributed by atoms with Gasteiger partial charge < -0.3 is 0 Å². The van der Waals surface area contributed by atoms with Gasteiger partial charge in [-0.25, -0.2) is 8.42 Å². The van der Waals surface area contributed by atoms with Gasteiger partial charge in [-0.15, -0.1) is 11.6 Å². The molecule has 1 aromatic rings. The van der Waals surface area contributed by atoms with Crippen molar-refractivity contribution >= 4 is 27.3 Å². The second kappa shape index (κ2) is 9.31. The van der Waals surface area contributed by atoms with E-state index in [4.69, 9.17) is 11.6 Å². The fourth-order valence-corrected chi connectivity index (χ4v) is 1.82. The van der Waals surface area contributed by atoms with Gasteiger partial charge in [0.15, 0.2) is 0 Å². The summed E-state index contributed by atoms with van der Waals surface area (Å²) in [7, 11) is -3.13. The van der Waals surface area contributed by atoms with Crippen molar-refractivity contribution in [3.63, 3.8) is 0 Å². The van der Waals surface area contributed by atoms with Crippen molar-refractivity contribution in [2.75, 3.05) is 16.9 Å². The topological polar surface area (TPSA) is 46.2 Å². The number of alkyl halides is 1. The fourth-order valence-electron chi connectivity index (χ4n) is 1.06. The van der Waals surface area contributed by atoms with Crippen molar-refractivity contribution in [3.05, 3.63) is 30.3 Å². The van der Waals surface area contributed by atoms with E-state index in [1.807, 2.05) is 6.07 Å². The van der Waals surface area contributed by atoms with Crippen molar-refractivity contribution < 1.29 is 8.42 Å². The fraction of sp³-hybridized carbons (Fsp3) is 0.500. The predicted octanol–water partition coefficient (Wildman–Crippen LogP) is 3.47. The first-order chi connectivity index (χ1) is 7.99. The standard InChI is InChI=1S/C7H9NO2S.C5H11Cl/c1-11(9,10)8-7-5-3-2-4-6-7;1-2-3-4-5-6/h2-6,8H,1H3;2-5H2,1H3. The second-order valence-corrected chi connectivity index (χ2v) is 5.76. The zero-order chi connectivity index (χ0) is 13.1. The van der Waals surface area contributed by atoms with E-state index in [1.165, 1.54) is 19.3 Å². The molecule has 0 amide bonds. The molecule has 0 saturated heterocycles. The number of halogens is 1. The first-order valence-corrected chi connectivity index (χ1v) is 8.01. The second-order valence-electron chi connectivity index (χ2n) is 3.64. The van der Waals surface area contributed by atoms with Crippen LogP contribution in [0.1, 0.15) is 26.2 Å². The number of anilines is 1. The molecule has 17 heavy (non-hydrogen) atoms. The first-order valence-electron chi connectivity index (χ1n) is 5.58.